The number of carbonyl (C=O) groups is 1. The topological polar surface area (TPSA) is 36.4 Å². The van der Waals surface area contributed by atoms with Crippen molar-refractivity contribution in [1.29, 1.82) is 0 Å². The van der Waals surface area contributed by atoms with Gasteiger partial charge >= 0.3 is 0 Å². The maximum absolute atomic E-state index is 11.4. The average molecular weight is 343 g/mol. The Morgan fingerprint density at radius 3 is 2.42 bits per heavy atom. The van der Waals surface area contributed by atoms with Gasteiger partial charge in [0.05, 0.1) is 12.2 Å². The van der Waals surface area contributed by atoms with Gasteiger partial charge in [0, 0.05) is 44.0 Å². The molecule has 4 nitrogen and oxygen atoms in total. The summed E-state index contributed by atoms with van der Waals surface area (Å²) >= 11 is 1.72. The third-order valence-corrected chi connectivity index (χ3v) is 5.43. The summed E-state index contributed by atoms with van der Waals surface area (Å²) in [5.41, 5.74) is 3.61. The van der Waals surface area contributed by atoms with Crippen molar-refractivity contribution in [2.24, 2.45) is 0 Å². The number of nitrogens with zero attached hydrogens (tertiary/aromatic N) is 3. The van der Waals surface area contributed by atoms with E-state index in [2.05, 4.69) is 48.4 Å². The summed E-state index contributed by atoms with van der Waals surface area (Å²) in [6.45, 7) is 10.4. The molecule has 0 spiro atoms. The molecule has 1 aliphatic rings. The van der Waals surface area contributed by atoms with Gasteiger partial charge in [0.25, 0.3) is 0 Å². The number of rotatable bonds is 4. The third-order valence-electron chi connectivity index (χ3n) is 4.60. The van der Waals surface area contributed by atoms with Gasteiger partial charge in [0.2, 0.25) is 5.91 Å². The van der Waals surface area contributed by atoms with Crippen molar-refractivity contribution in [2.75, 3.05) is 26.2 Å². The Balaban J connectivity index is 1.61. The van der Waals surface area contributed by atoms with E-state index in [1.54, 1.807) is 18.3 Å². The monoisotopic (exact) mass is 343 g/mol. The Morgan fingerprint density at radius 2 is 1.83 bits per heavy atom. The maximum Gasteiger partial charge on any atom is 0.219 e. The molecular weight excluding hydrogens is 318 g/mol. The summed E-state index contributed by atoms with van der Waals surface area (Å²) in [4.78, 5) is 20.5. The van der Waals surface area contributed by atoms with E-state index in [9.17, 15) is 4.79 Å². The van der Waals surface area contributed by atoms with Gasteiger partial charge in [0.15, 0.2) is 0 Å². The zero-order valence-corrected chi connectivity index (χ0v) is 15.5. The van der Waals surface area contributed by atoms with Crippen molar-refractivity contribution in [2.45, 2.75) is 33.2 Å². The van der Waals surface area contributed by atoms with Crippen molar-refractivity contribution in [3.63, 3.8) is 0 Å². The fraction of sp³-hybridized carbons (Fsp3) is 0.474. The number of piperazine rings is 1. The van der Waals surface area contributed by atoms with Gasteiger partial charge in [-0.2, -0.15) is 0 Å². The Hall–Kier alpha value is -1.72. The first-order chi connectivity index (χ1) is 11.5. The highest BCUT2D eigenvalue weighted by atomic mass is 32.1. The number of hydrogen-bond acceptors (Lipinski definition) is 4. The molecule has 1 aliphatic heterocycles. The Morgan fingerprint density at radius 1 is 1.17 bits per heavy atom. The summed E-state index contributed by atoms with van der Waals surface area (Å²) < 4.78 is 0. The van der Waals surface area contributed by atoms with Gasteiger partial charge in [-0.1, -0.05) is 38.1 Å². The summed E-state index contributed by atoms with van der Waals surface area (Å²) in [7, 11) is 0. The fourth-order valence-electron chi connectivity index (χ4n) is 2.97. The predicted octanol–water partition coefficient (Wildman–Crippen LogP) is 3.60. The number of thiazole rings is 1. The van der Waals surface area contributed by atoms with Crippen LogP contribution in [0, 0.1) is 0 Å². The highest BCUT2D eigenvalue weighted by Gasteiger charge is 2.19. The minimum absolute atomic E-state index is 0.177. The molecule has 0 radical (unpaired) electrons. The van der Waals surface area contributed by atoms with Gasteiger partial charge in [-0.15, -0.1) is 11.3 Å². The fourth-order valence-corrected chi connectivity index (χ4v) is 3.81. The van der Waals surface area contributed by atoms with Crippen molar-refractivity contribution in [3.05, 3.63) is 40.2 Å². The molecule has 0 atom stereocenters. The van der Waals surface area contributed by atoms with Crippen molar-refractivity contribution < 1.29 is 4.79 Å². The SMILES string of the molecule is CC(=O)N1CCN(Cc2nc(-c3ccc(C(C)C)cc3)cs2)CC1. The summed E-state index contributed by atoms with van der Waals surface area (Å²) in [5.74, 6) is 0.731. The second-order valence-corrected chi connectivity index (χ2v) is 7.63. The number of amides is 1. The second-order valence-electron chi connectivity index (χ2n) is 6.69. The Labute approximate surface area is 148 Å². The average Bonchev–Trinajstić information content (AvgIpc) is 3.04. The molecule has 2 aromatic rings. The Kier molecular flexibility index (Phi) is 5.31. The normalized spacial score (nSPS) is 15.9. The lowest BCUT2D eigenvalue weighted by molar-refractivity contribution is -0.130. The van der Waals surface area contributed by atoms with Crippen molar-refractivity contribution >= 4 is 17.2 Å². The quantitative estimate of drug-likeness (QED) is 0.851. The molecule has 1 aromatic carbocycles. The molecule has 0 N–H and O–H groups in total. The van der Waals surface area contributed by atoms with E-state index >= 15 is 0 Å². The summed E-state index contributed by atoms with van der Waals surface area (Å²) in [6.07, 6.45) is 0. The van der Waals surface area contributed by atoms with Gasteiger partial charge in [0.1, 0.15) is 5.01 Å². The first-order valence-corrected chi connectivity index (χ1v) is 9.43. The largest absolute Gasteiger partial charge is 0.340 e. The second kappa shape index (κ2) is 7.45. The zero-order chi connectivity index (χ0) is 17.1. The predicted molar refractivity (Wildman–Crippen MR) is 99.2 cm³/mol. The van der Waals surface area contributed by atoms with Crippen LogP contribution in [0.2, 0.25) is 0 Å². The molecule has 1 saturated heterocycles. The summed E-state index contributed by atoms with van der Waals surface area (Å²) in [6, 6.07) is 8.72. The highest BCUT2D eigenvalue weighted by Crippen LogP contribution is 2.25. The Bertz CT molecular complexity index is 685. The van der Waals surface area contributed by atoms with E-state index in [1.165, 1.54) is 11.1 Å². The van der Waals surface area contributed by atoms with Gasteiger partial charge in [-0.05, 0) is 11.5 Å². The van der Waals surface area contributed by atoms with Crippen molar-refractivity contribution in [1.82, 2.24) is 14.8 Å². The van der Waals surface area contributed by atoms with E-state index < -0.39 is 0 Å². The third kappa shape index (κ3) is 4.02. The standard InChI is InChI=1S/C19H25N3OS/c1-14(2)16-4-6-17(7-5-16)18-13-24-19(20-18)12-21-8-10-22(11-9-21)15(3)23/h4-7,13-14H,8-12H2,1-3H3. The van der Waals surface area contributed by atoms with E-state index in [0.717, 1.165) is 43.4 Å². The van der Waals surface area contributed by atoms with Crippen LogP contribution in [0.3, 0.4) is 0 Å². The molecule has 1 amide bonds. The van der Waals surface area contributed by atoms with Gasteiger partial charge in [-0.25, -0.2) is 4.98 Å². The number of aromatic nitrogens is 1. The van der Waals surface area contributed by atoms with Crippen LogP contribution < -0.4 is 0 Å². The van der Waals surface area contributed by atoms with E-state index in [1.807, 2.05) is 4.90 Å². The smallest absolute Gasteiger partial charge is 0.219 e. The molecule has 0 bridgehead atoms. The maximum atomic E-state index is 11.4. The van der Waals surface area contributed by atoms with E-state index in [-0.39, 0.29) is 5.91 Å². The van der Waals surface area contributed by atoms with Crippen LogP contribution in [0.25, 0.3) is 11.3 Å². The first kappa shape index (κ1) is 17.1. The first-order valence-electron chi connectivity index (χ1n) is 8.55. The minimum Gasteiger partial charge on any atom is -0.340 e. The van der Waals surface area contributed by atoms with Crippen LogP contribution in [0.1, 0.15) is 37.3 Å². The van der Waals surface area contributed by atoms with Crippen LogP contribution in [0.5, 0.6) is 0 Å². The number of hydrogen-bond donors (Lipinski definition) is 0. The molecule has 128 valence electrons. The minimum atomic E-state index is 0.177. The molecular formula is C19H25N3OS. The lowest BCUT2D eigenvalue weighted by Crippen LogP contribution is -2.47. The summed E-state index contributed by atoms with van der Waals surface area (Å²) in [5, 5.41) is 3.29. The molecule has 3 rings (SSSR count). The molecule has 0 aliphatic carbocycles. The van der Waals surface area contributed by atoms with Gasteiger partial charge in [-0.3, -0.25) is 9.69 Å². The van der Waals surface area contributed by atoms with E-state index in [4.69, 9.17) is 4.98 Å². The van der Waals surface area contributed by atoms with Crippen molar-refractivity contribution in [3.8, 4) is 11.3 Å². The van der Waals surface area contributed by atoms with Gasteiger partial charge < -0.3 is 4.90 Å². The molecule has 0 saturated carbocycles. The number of carbonyl (C=O) groups excluding carboxylic acids is 1. The lowest BCUT2D eigenvalue weighted by atomic mass is 10.0. The molecule has 1 fully saturated rings. The van der Waals surface area contributed by atoms with Crippen LogP contribution in [-0.2, 0) is 11.3 Å². The zero-order valence-electron chi connectivity index (χ0n) is 14.7. The number of benzene rings is 1. The van der Waals surface area contributed by atoms with Crippen LogP contribution in [0.4, 0.5) is 0 Å². The molecule has 0 unspecified atom stereocenters. The lowest BCUT2D eigenvalue weighted by Gasteiger charge is -2.33. The molecule has 2 heterocycles. The van der Waals surface area contributed by atoms with Crippen LogP contribution in [0.15, 0.2) is 29.6 Å². The highest BCUT2D eigenvalue weighted by molar-refractivity contribution is 7.09. The molecule has 24 heavy (non-hydrogen) atoms. The van der Waals surface area contributed by atoms with E-state index in [0.29, 0.717) is 5.92 Å². The molecule has 5 heteroatoms. The van der Waals surface area contributed by atoms with Crippen LogP contribution >= 0.6 is 11.3 Å². The molecule has 1 aromatic heterocycles. The van der Waals surface area contributed by atoms with Crippen LogP contribution in [-0.4, -0.2) is 46.9 Å².